The first-order valence-electron chi connectivity index (χ1n) is 18.9. The first-order valence-corrected chi connectivity index (χ1v) is 18.9. The number of benzene rings is 2. The third kappa shape index (κ3) is 7.00. The van der Waals surface area contributed by atoms with E-state index in [0.717, 1.165) is 76.0 Å². The molecule has 1 spiro atoms. The molecule has 2 aliphatic heterocycles. The molecule has 0 N–H and O–H groups in total. The van der Waals surface area contributed by atoms with Crippen molar-refractivity contribution >= 4 is 11.7 Å². The maximum absolute atomic E-state index is 14.1. The Morgan fingerprint density at radius 1 is 0.957 bits per heavy atom. The summed E-state index contributed by atoms with van der Waals surface area (Å²) in [6.07, 6.45) is 17.6. The summed E-state index contributed by atoms with van der Waals surface area (Å²) >= 11 is 0. The van der Waals surface area contributed by atoms with E-state index in [9.17, 15) is 9.59 Å². The van der Waals surface area contributed by atoms with Crippen LogP contribution in [0.15, 0.2) is 42.5 Å². The van der Waals surface area contributed by atoms with Crippen LogP contribution in [0, 0.1) is 5.92 Å². The molecule has 0 aromatic heterocycles. The lowest BCUT2D eigenvalue weighted by molar-refractivity contribution is -0.143. The minimum absolute atomic E-state index is 0.0590. The second-order valence-corrected chi connectivity index (χ2v) is 14.9. The van der Waals surface area contributed by atoms with Crippen LogP contribution in [0.1, 0.15) is 120 Å². The Morgan fingerprint density at radius 3 is 2.43 bits per heavy atom. The number of unbranched alkanes of at least 4 members (excludes halogenated alkanes) is 8. The second kappa shape index (κ2) is 15.6. The lowest BCUT2D eigenvalue weighted by Crippen LogP contribution is -2.69. The maximum Gasteiger partial charge on any atom is 0.222 e. The number of piperidine rings is 1. The number of hydrogen-bond acceptors (Lipinski definition) is 5. The van der Waals surface area contributed by atoms with E-state index < -0.39 is 0 Å². The number of amides is 1. The van der Waals surface area contributed by atoms with Crippen LogP contribution in [0.4, 0.5) is 0 Å². The zero-order chi connectivity index (χ0) is 32.8. The van der Waals surface area contributed by atoms with Gasteiger partial charge in [0.05, 0.1) is 19.7 Å². The van der Waals surface area contributed by atoms with E-state index in [1.807, 2.05) is 0 Å². The summed E-state index contributed by atoms with van der Waals surface area (Å²) in [6.45, 7) is 6.17. The van der Waals surface area contributed by atoms with Gasteiger partial charge in [-0.2, -0.15) is 0 Å². The van der Waals surface area contributed by atoms with E-state index in [-0.39, 0.29) is 23.3 Å². The van der Waals surface area contributed by atoms with Gasteiger partial charge in [0.15, 0.2) is 11.5 Å². The number of hydrogen-bond donors (Lipinski definition) is 0. The lowest BCUT2D eigenvalue weighted by atomic mass is 9.51. The van der Waals surface area contributed by atoms with Crippen molar-refractivity contribution in [1.82, 2.24) is 9.80 Å². The van der Waals surface area contributed by atoms with Gasteiger partial charge in [-0.25, -0.2) is 0 Å². The van der Waals surface area contributed by atoms with Crippen molar-refractivity contribution < 1.29 is 19.1 Å². The Morgan fingerprint density at radius 2 is 1.70 bits per heavy atom. The van der Waals surface area contributed by atoms with Crippen LogP contribution in [0.2, 0.25) is 0 Å². The Balaban J connectivity index is 1.07. The molecule has 2 aromatic rings. The topological polar surface area (TPSA) is 59.1 Å². The van der Waals surface area contributed by atoms with Crippen molar-refractivity contribution in [2.24, 2.45) is 5.92 Å². The van der Waals surface area contributed by atoms with E-state index in [1.165, 1.54) is 61.6 Å². The Bertz CT molecular complexity index is 1360. The number of rotatable bonds is 18. The third-order valence-electron chi connectivity index (χ3n) is 12.0. The molecule has 2 fully saturated rings. The van der Waals surface area contributed by atoms with E-state index in [0.29, 0.717) is 30.8 Å². The van der Waals surface area contributed by atoms with Gasteiger partial charge in [0, 0.05) is 30.0 Å². The largest absolute Gasteiger partial charge is 0.493 e. The number of nitrogens with zero attached hydrogens (tertiary/aromatic N) is 2. The molecule has 2 heterocycles. The Kier molecular flexibility index (Phi) is 11.3. The van der Waals surface area contributed by atoms with E-state index in [1.54, 1.807) is 14.0 Å². The van der Waals surface area contributed by atoms with Crippen LogP contribution in [0.25, 0.3) is 0 Å². The maximum atomic E-state index is 14.1. The number of methoxy groups -OCH3 is 1. The van der Waals surface area contributed by atoms with Crippen molar-refractivity contribution in [2.75, 3.05) is 26.7 Å². The molecule has 6 heteroatoms. The predicted octanol–water partition coefficient (Wildman–Crippen LogP) is 8.07. The number of carbonyl (C=O) groups excluding carboxylic acids is 2. The normalized spacial score (nSPS) is 25.6. The number of ketones is 1. The SMILES string of the molecule is CCCCN(C(=O)CCCCCCCCCCc1ccccc1)[C@@H]1CC[C@H]2[C@H]3Cc4ccc(OC)c5c4[C@@]2(CCN3CC(C)=O)[C@H]1O5. The van der Waals surface area contributed by atoms with Gasteiger partial charge in [0.2, 0.25) is 5.91 Å². The predicted molar refractivity (Wildman–Crippen MR) is 188 cm³/mol. The van der Waals surface area contributed by atoms with Crippen molar-refractivity contribution in [1.29, 1.82) is 0 Å². The highest BCUT2D eigenvalue weighted by atomic mass is 16.5. The molecule has 0 radical (unpaired) electrons. The van der Waals surface area contributed by atoms with Crippen LogP contribution in [0.3, 0.4) is 0 Å². The third-order valence-corrected chi connectivity index (χ3v) is 12.0. The number of ether oxygens (including phenoxy) is 2. The van der Waals surface area contributed by atoms with Crippen molar-refractivity contribution in [3.8, 4) is 11.5 Å². The standard InChI is InChI=1S/C41H58N2O4/c1-4-5-26-43(37(45)20-16-11-9-7-6-8-10-13-17-31-18-14-12-15-19-31)34-23-22-33-35-28-32-21-24-36(46-3)39-38(32)41(33,40(34)47-39)25-27-42(35)29-30(2)44/h12,14-15,18-19,21,24,33-35,40H,4-11,13,16-17,20,22-23,25-29H2,1-3H3/t33-,34+,35+,40-,41-/m0/s1. The van der Waals surface area contributed by atoms with Gasteiger partial charge >= 0.3 is 0 Å². The van der Waals surface area contributed by atoms with Crippen LogP contribution in [0.5, 0.6) is 11.5 Å². The van der Waals surface area contributed by atoms with E-state index in [2.05, 4.69) is 59.2 Å². The number of carbonyl (C=O) groups is 2. The summed E-state index contributed by atoms with van der Waals surface area (Å²) < 4.78 is 12.9. The van der Waals surface area contributed by atoms with Crippen LogP contribution in [-0.4, -0.2) is 66.4 Å². The van der Waals surface area contributed by atoms with E-state index >= 15 is 0 Å². The zero-order valence-electron chi connectivity index (χ0n) is 29.3. The summed E-state index contributed by atoms with van der Waals surface area (Å²) in [6, 6.07) is 15.5. The van der Waals surface area contributed by atoms with Crippen molar-refractivity contribution in [3.63, 3.8) is 0 Å². The average Bonchev–Trinajstić information content (AvgIpc) is 3.43. The zero-order valence-corrected chi connectivity index (χ0v) is 29.3. The van der Waals surface area contributed by atoms with Gasteiger partial charge in [0.1, 0.15) is 11.9 Å². The molecule has 1 saturated heterocycles. The highest BCUT2D eigenvalue weighted by Gasteiger charge is 2.66. The summed E-state index contributed by atoms with van der Waals surface area (Å²) in [5.74, 6) is 2.72. The smallest absolute Gasteiger partial charge is 0.222 e. The van der Waals surface area contributed by atoms with Gasteiger partial charge in [0.25, 0.3) is 0 Å². The fraction of sp³-hybridized carbons (Fsp3) is 0.659. The molecule has 47 heavy (non-hydrogen) atoms. The lowest BCUT2D eigenvalue weighted by Gasteiger charge is -2.60. The number of likely N-dealkylation sites (tertiary alicyclic amines) is 1. The molecule has 4 aliphatic rings. The molecule has 1 amide bonds. The fourth-order valence-corrected chi connectivity index (χ4v) is 9.81. The second-order valence-electron chi connectivity index (χ2n) is 14.9. The summed E-state index contributed by atoms with van der Waals surface area (Å²) in [5.41, 5.74) is 4.04. The summed E-state index contributed by atoms with van der Waals surface area (Å²) in [4.78, 5) is 31.0. The minimum atomic E-state index is -0.121. The molecule has 2 aliphatic carbocycles. The van der Waals surface area contributed by atoms with Gasteiger partial charge < -0.3 is 14.4 Å². The number of Topliss-reactive ketones (excluding diaryl/α,β-unsaturated/α-hetero) is 1. The summed E-state index contributed by atoms with van der Waals surface area (Å²) in [7, 11) is 1.74. The van der Waals surface area contributed by atoms with Crippen LogP contribution < -0.4 is 9.47 Å². The van der Waals surface area contributed by atoms with Crippen LogP contribution >= 0.6 is 0 Å². The molecule has 0 unspecified atom stereocenters. The number of aryl methyl sites for hydroxylation is 1. The molecule has 256 valence electrons. The fourth-order valence-electron chi connectivity index (χ4n) is 9.81. The van der Waals surface area contributed by atoms with Gasteiger partial charge in [-0.15, -0.1) is 0 Å². The molecule has 2 aromatic carbocycles. The van der Waals surface area contributed by atoms with Gasteiger partial charge in [-0.1, -0.05) is 88.3 Å². The molecule has 6 rings (SSSR count). The molecular weight excluding hydrogens is 584 g/mol. The quantitative estimate of drug-likeness (QED) is 0.154. The monoisotopic (exact) mass is 642 g/mol. The summed E-state index contributed by atoms with van der Waals surface area (Å²) in [5, 5.41) is 0. The van der Waals surface area contributed by atoms with Crippen molar-refractivity contribution in [3.05, 3.63) is 59.2 Å². The minimum Gasteiger partial charge on any atom is -0.493 e. The van der Waals surface area contributed by atoms with E-state index in [4.69, 9.17) is 9.47 Å². The van der Waals surface area contributed by atoms with Gasteiger partial charge in [-0.3, -0.25) is 14.5 Å². The Labute approximate surface area is 283 Å². The molecular formula is C41H58N2O4. The van der Waals surface area contributed by atoms with Gasteiger partial charge in [-0.05, 0) is 87.9 Å². The Hall–Kier alpha value is -2.86. The average molecular weight is 643 g/mol. The first kappa shape index (κ1) is 34.0. The first-order chi connectivity index (χ1) is 23.0. The highest BCUT2D eigenvalue weighted by molar-refractivity contribution is 5.78. The molecule has 2 bridgehead atoms. The van der Waals surface area contributed by atoms with Crippen LogP contribution in [-0.2, 0) is 27.8 Å². The highest BCUT2D eigenvalue weighted by Crippen LogP contribution is 2.64. The molecule has 1 saturated carbocycles. The molecule has 5 atom stereocenters. The van der Waals surface area contributed by atoms with Crippen molar-refractivity contribution in [2.45, 2.75) is 140 Å². The molecule has 6 nitrogen and oxygen atoms in total.